The average Bonchev–Trinajstić information content (AvgIpc) is 2.54. The molecule has 0 saturated heterocycles. The summed E-state index contributed by atoms with van der Waals surface area (Å²) in [5.41, 5.74) is 1.72. The van der Waals surface area contributed by atoms with Gasteiger partial charge in [0.1, 0.15) is 5.75 Å². The molecule has 0 atom stereocenters. The number of ketones is 1. The van der Waals surface area contributed by atoms with Crippen LogP contribution < -0.4 is 15.4 Å². The summed E-state index contributed by atoms with van der Waals surface area (Å²) in [7, 11) is 0. The first-order chi connectivity index (χ1) is 11.4. The molecule has 0 aliphatic heterocycles. The van der Waals surface area contributed by atoms with Crippen LogP contribution in [0.4, 0.5) is 11.4 Å². The minimum absolute atomic E-state index is 0.0680. The van der Waals surface area contributed by atoms with Crippen molar-refractivity contribution in [1.29, 1.82) is 0 Å². The van der Waals surface area contributed by atoms with E-state index in [1.165, 1.54) is 13.8 Å². The van der Waals surface area contributed by atoms with Gasteiger partial charge in [-0.05, 0) is 43.3 Å². The van der Waals surface area contributed by atoms with Crippen LogP contribution in [0.5, 0.6) is 5.75 Å². The number of Topliss-reactive ketones (excluding diaryl/α,β-unsaturated/α-hetero) is 1. The van der Waals surface area contributed by atoms with Gasteiger partial charge in [-0.2, -0.15) is 0 Å². The Labute approximate surface area is 139 Å². The van der Waals surface area contributed by atoms with E-state index in [2.05, 4.69) is 10.6 Å². The Morgan fingerprint density at radius 2 is 1.62 bits per heavy atom. The molecule has 0 spiro atoms. The van der Waals surface area contributed by atoms with Crippen LogP contribution in [0.15, 0.2) is 48.5 Å². The van der Waals surface area contributed by atoms with Gasteiger partial charge in [-0.15, -0.1) is 0 Å². The zero-order valence-corrected chi connectivity index (χ0v) is 13.5. The Kier molecular flexibility index (Phi) is 5.68. The summed E-state index contributed by atoms with van der Waals surface area (Å²) in [4.78, 5) is 34.2. The van der Waals surface area contributed by atoms with E-state index in [-0.39, 0.29) is 24.2 Å². The van der Waals surface area contributed by atoms with Gasteiger partial charge in [0.15, 0.2) is 12.4 Å². The molecule has 24 heavy (non-hydrogen) atoms. The Morgan fingerprint density at radius 3 is 2.25 bits per heavy atom. The molecular formula is C18H18N2O4. The number of hydrogen-bond acceptors (Lipinski definition) is 4. The Hall–Kier alpha value is -3.15. The highest BCUT2D eigenvalue weighted by atomic mass is 16.5. The molecule has 0 aliphatic carbocycles. The molecule has 0 fully saturated rings. The second-order valence-corrected chi connectivity index (χ2v) is 5.18. The lowest BCUT2D eigenvalue weighted by Crippen LogP contribution is -2.20. The number of hydrogen-bond donors (Lipinski definition) is 2. The highest BCUT2D eigenvalue weighted by molar-refractivity contribution is 5.97. The molecule has 0 aliphatic rings. The van der Waals surface area contributed by atoms with Crippen LogP contribution >= 0.6 is 0 Å². The minimum Gasteiger partial charge on any atom is -0.484 e. The molecule has 0 aromatic heterocycles. The molecule has 0 saturated carbocycles. The fraction of sp³-hybridized carbons (Fsp3) is 0.167. The van der Waals surface area contributed by atoms with Crippen molar-refractivity contribution in [3.63, 3.8) is 0 Å². The third kappa shape index (κ3) is 5.24. The molecule has 6 nitrogen and oxygen atoms in total. The van der Waals surface area contributed by atoms with Crippen molar-refractivity contribution in [3.8, 4) is 5.75 Å². The molecule has 0 heterocycles. The number of amides is 2. The summed E-state index contributed by atoms with van der Waals surface area (Å²) in [5, 5.41) is 5.31. The normalized spacial score (nSPS) is 9.92. The van der Waals surface area contributed by atoms with Crippen LogP contribution in [0.2, 0.25) is 0 Å². The predicted molar refractivity (Wildman–Crippen MR) is 91.3 cm³/mol. The lowest BCUT2D eigenvalue weighted by atomic mass is 10.1. The maximum Gasteiger partial charge on any atom is 0.262 e. The molecule has 2 N–H and O–H groups in total. The number of rotatable bonds is 6. The zero-order valence-electron chi connectivity index (χ0n) is 13.5. The summed E-state index contributed by atoms with van der Waals surface area (Å²) in [6.07, 6.45) is 0. The fourth-order valence-electron chi connectivity index (χ4n) is 2.00. The SMILES string of the molecule is CC(=O)Nc1ccc(OCC(=O)Nc2cccc(C(C)=O)c2)cc1. The van der Waals surface area contributed by atoms with Crippen LogP contribution in [0.25, 0.3) is 0 Å². The quantitative estimate of drug-likeness (QED) is 0.799. The molecule has 2 amide bonds. The number of anilines is 2. The Bertz CT molecular complexity index is 754. The van der Waals surface area contributed by atoms with Gasteiger partial charge in [-0.1, -0.05) is 12.1 Å². The lowest BCUT2D eigenvalue weighted by molar-refractivity contribution is -0.118. The van der Waals surface area contributed by atoms with Gasteiger partial charge in [0.25, 0.3) is 5.91 Å². The molecule has 0 bridgehead atoms. The highest BCUT2D eigenvalue weighted by Crippen LogP contribution is 2.16. The maximum absolute atomic E-state index is 11.9. The van der Waals surface area contributed by atoms with Gasteiger partial charge in [-0.3, -0.25) is 14.4 Å². The van der Waals surface area contributed by atoms with Crippen LogP contribution in [0.1, 0.15) is 24.2 Å². The van der Waals surface area contributed by atoms with Crippen molar-refractivity contribution < 1.29 is 19.1 Å². The van der Waals surface area contributed by atoms with E-state index in [1.807, 2.05) is 0 Å². The van der Waals surface area contributed by atoms with Crippen molar-refractivity contribution in [3.05, 3.63) is 54.1 Å². The van der Waals surface area contributed by atoms with Crippen molar-refractivity contribution >= 4 is 29.0 Å². The van der Waals surface area contributed by atoms with Gasteiger partial charge in [0.2, 0.25) is 5.91 Å². The molecule has 6 heteroatoms. The van der Waals surface area contributed by atoms with Gasteiger partial charge in [-0.25, -0.2) is 0 Å². The standard InChI is InChI=1S/C18H18N2O4/c1-12(21)14-4-3-5-16(10-14)20-18(23)11-24-17-8-6-15(7-9-17)19-13(2)22/h3-10H,11H2,1-2H3,(H,19,22)(H,20,23). The number of carbonyl (C=O) groups is 3. The van der Waals surface area contributed by atoms with E-state index in [1.54, 1.807) is 48.5 Å². The first-order valence-corrected chi connectivity index (χ1v) is 7.35. The van der Waals surface area contributed by atoms with E-state index in [0.29, 0.717) is 22.7 Å². The van der Waals surface area contributed by atoms with Crippen LogP contribution in [-0.2, 0) is 9.59 Å². The van der Waals surface area contributed by atoms with Crippen molar-refractivity contribution in [2.75, 3.05) is 17.2 Å². The Balaban J connectivity index is 1.88. The van der Waals surface area contributed by atoms with E-state index < -0.39 is 0 Å². The highest BCUT2D eigenvalue weighted by Gasteiger charge is 2.06. The average molecular weight is 326 g/mol. The summed E-state index contributed by atoms with van der Waals surface area (Å²) in [6, 6.07) is 13.4. The maximum atomic E-state index is 11.9. The smallest absolute Gasteiger partial charge is 0.262 e. The fourth-order valence-corrected chi connectivity index (χ4v) is 2.00. The Morgan fingerprint density at radius 1 is 0.917 bits per heavy atom. The summed E-state index contributed by atoms with van der Waals surface area (Å²) in [6.45, 7) is 2.73. The molecule has 2 aromatic carbocycles. The summed E-state index contributed by atoms with van der Waals surface area (Å²) < 4.78 is 5.39. The van der Waals surface area contributed by atoms with Gasteiger partial charge >= 0.3 is 0 Å². The molecule has 0 radical (unpaired) electrons. The van der Waals surface area contributed by atoms with Crippen molar-refractivity contribution in [2.24, 2.45) is 0 Å². The lowest BCUT2D eigenvalue weighted by Gasteiger charge is -2.09. The minimum atomic E-state index is -0.332. The first-order valence-electron chi connectivity index (χ1n) is 7.35. The van der Waals surface area contributed by atoms with Gasteiger partial charge < -0.3 is 15.4 Å². The van der Waals surface area contributed by atoms with E-state index >= 15 is 0 Å². The number of nitrogens with one attached hydrogen (secondary N) is 2. The molecular weight excluding hydrogens is 308 g/mol. The predicted octanol–water partition coefficient (Wildman–Crippen LogP) is 2.87. The van der Waals surface area contributed by atoms with E-state index in [9.17, 15) is 14.4 Å². The second kappa shape index (κ2) is 7.92. The van der Waals surface area contributed by atoms with Crippen LogP contribution in [-0.4, -0.2) is 24.2 Å². The topological polar surface area (TPSA) is 84.5 Å². The second-order valence-electron chi connectivity index (χ2n) is 5.18. The molecule has 124 valence electrons. The third-order valence-electron chi connectivity index (χ3n) is 3.10. The van der Waals surface area contributed by atoms with Crippen molar-refractivity contribution in [1.82, 2.24) is 0 Å². The molecule has 0 unspecified atom stereocenters. The zero-order chi connectivity index (χ0) is 17.5. The monoisotopic (exact) mass is 326 g/mol. The number of benzene rings is 2. The summed E-state index contributed by atoms with van der Waals surface area (Å²) in [5.74, 6) is -0.0455. The number of ether oxygens (including phenoxy) is 1. The van der Waals surface area contributed by atoms with Gasteiger partial charge in [0, 0.05) is 23.9 Å². The van der Waals surface area contributed by atoms with Crippen LogP contribution in [0.3, 0.4) is 0 Å². The van der Waals surface area contributed by atoms with Crippen molar-refractivity contribution in [2.45, 2.75) is 13.8 Å². The third-order valence-corrected chi connectivity index (χ3v) is 3.10. The van der Waals surface area contributed by atoms with Gasteiger partial charge in [0.05, 0.1) is 0 Å². The van der Waals surface area contributed by atoms with E-state index in [4.69, 9.17) is 4.74 Å². The number of carbonyl (C=O) groups excluding carboxylic acids is 3. The largest absolute Gasteiger partial charge is 0.484 e. The van der Waals surface area contributed by atoms with E-state index in [0.717, 1.165) is 0 Å². The molecule has 2 aromatic rings. The van der Waals surface area contributed by atoms with Crippen LogP contribution in [0, 0.1) is 0 Å². The molecule has 2 rings (SSSR count). The first kappa shape index (κ1) is 17.2. The summed E-state index contributed by atoms with van der Waals surface area (Å²) >= 11 is 0.